The zero-order valence-electron chi connectivity index (χ0n) is 10.5. The van der Waals surface area contributed by atoms with Crippen LogP contribution in [0, 0.1) is 0 Å². The van der Waals surface area contributed by atoms with Crippen LogP contribution in [0.4, 0.5) is 5.69 Å². The molecule has 1 unspecified atom stereocenters. The lowest BCUT2D eigenvalue weighted by Gasteiger charge is -2.10. The molecule has 0 saturated carbocycles. The standard InChI is InChI=1S/C12H18N2O3S/c1-3-11(13)12(15)14-9-5-7-10(8-6-9)18(16,17)4-2/h5-8,11H,3-4,13H2,1-2H3,(H,14,15). The second-order valence-corrected chi connectivity index (χ2v) is 6.21. The molecule has 1 aromatic carbocycles. The first kappa shape index (κ1) is 14.7. The zero-order chi connectivity index (χ0) is 13.8. The highest BCUT2D eigenvalue weighted by Crippen LogP contribution is 2.15. The van der Waals surface area contributed by atoms with Gasteiger partial charge in [0.1, 0.15) is 0 Å². The maximum absolute atomic E-state index is 11.6. The molecule has 0 aliphatic rings. The molecule has 0 heterocycles. The molecule has 6 heteroatoms. The lowest BCUT2D eigenvalue weighted by atomic mass is 10.2. The van der Waals surface area contributed by atoms with Crippen LogP contribution < -0.4 is 11.1 Å². The summed E-state index contributed by atoms with van der Waals surface area (Å²) in [4.78, 5) is 11.8. The van der Waals surface area contributed by atoms with Crippen molar-refractivity contribution in [3.8, 4) is 0 Å². The van der Waals surface area contributed by atoms with Crippen LogP contribution in [0.15, 0.2) is 29.2 Å². The molecule has 0 aromatic heterocycles. The summed E-state index contributed by atoms with van der Waals surface area (Å²) in [5.74, 6) is -0.219. The van der Waals surface area contributed by atoms with Crippen molar-refractivity contribution >= 4 is 21.4 Å². The van der Waals surface area contributed by atoms with Gasteiger partial charge in [-0.05, 0) is 30.7 Å². The largest absolute Gasteiger partial charge is 0.325 e. The number of sulfone groups is 1. The normalized spacial score (nSPS) is 13.1. The molecule has 0 bridgehead atoms. The predicted molar refractivity (Wildman–Crippen MR) is 71.1 cm³/mol. The Morgan fingerprint density at radius 3 is 2.28 bits per heavy atom. The van der Waals surface area contributed by atoms with Crippen LogP contribution >= 0.6 is 0 Å². The Hall–Kier alpha value is -1.40. The number of rotatable bonds is 5. The Balaban J connectivity index is 2.82. The predicted octanol–water partition coefficient (Wildman–Crippen LogP) is 1.16. The maximum Gasteiger partial charge on any atom is 0.241 e. The van der Waals surface area contributed by atoms with Crippen LogP contribution in [0.2, 0.25) is 0 Å². The zero-order valence-corrected chi connectivity index (χ0v) is 11.3. The number of anilines is 1. The maximum atomic E-state index is 11.6. The monoisotopic (exact) mass is 270 g/mol. The lowest BCUT2D eigenvalue weighted by Crippen LogP contribution is -2.34. The Bertz CT molecular complexity index is 509. The van der Waals surface area contributed by atoms with Gasteiger partial charge in [-0.25, -0.2) is 8.42 Å². The van der Waals surface area contributed by atoms with Crippen molar-refractivity contribution in [1.82, 2.24) is 0 Å². The van der Waals surface area contributed by atoms with E-state index in [2.05, 4.69) is 5.32 Å². The quantitative estimate of drug-likeness (QED) is 0.840. The third-order valence-electron chi connectivity index (χ3n) is 2.64. The summed E-state index contributed by atoms with van der Waals surface area (Å²) in [7, 11) is -3.20. The van der Waals surface area contributed by atoms with Crippen molar-refractivity contribution in [3.05, 3.63) is 24.3 Å². The molecule has 0 radical (unpaired) electrons. The summed E-state index contributed by atoms with van der Waals surface area (Å²) < 4.78 is 23.2. The molecule has 1 amide bonds. The number of benzene rings is 1. The van der Waals surface area contributed by atoms with E-state index >= 15 is 0 Å². The van der Waals surface area contributed by atoms with Gasteiger partial charge in [-0.2, -0.15) is 0 Å². The summed E-state index contributed by atoms with van der Waals surface area (Å²) >= 11 is 0. The first-order valence-corrected chi connectivity index (χ1v) is 7.45. The van der Waals surface area contributed by atoms with Crippen LogP contribution in [0.1, 0.15) is 20.3 Å². The van der Waals surface area contributed by atoms with Crippen molar-refractivity contribution in [2.75, 3.05) is 11.1 Å². The van der Waals surface area contributed by atoms with Crippen LogP contribution in [-0.2, 0) is 14.6 Å². The minimum Gasteiger partial charge on any atom is -0.325 e. The molecule has 3 N–H and O–H groups in total. The first-order chi connectivity index (χ1) is 8.40. The summed E-state index contributed by atoms with van der Waals surface area (Å²) in [6.07, 6.45) is 0.550. The number of hydrogen-bond donors (Lipinski definition) is 2. The summed E-state index contributed by atoms with van der Waals surface area (Å²) in [6, 6.07) is 5.52. The van der Waals surface area contributed by atoms with E-state index in [1.165, 1.54) is 12.1 Å². The van der Waals surface area contributed by atoms with Crippen molar-refractivity contribution in [2.24, 2.45) is 5.73 Å². The summed E-state index contributed by atoms with van der Waals surface area (Å²) in [5.41, 5.74) is 6.12. The van der Waals surface area contributed by atoms with Crippen molar-refractivity contribution in [3.63, 3.8) is 0 Å². The molecule has 0 fully saturated rings. The van der Waals surface area contributed by atoms with Crippen molar-refractivity contribution < 1.29 is 13.2 Å². The van der Waals surface area contributed by atoms with Gasteiger partial charge in [-0.3, -0.25) is 4.79 Å². The van der Waals surface area contributed by atoms with E-state index in [9.17, 15) is 13.2 Å². The highest BCUT2D eigenvalue weighted by molar-refractivity contribution is 7.91. The molecule has 0 aliphatic carbocycles. The fourth-order valence-corrected chi connectivity index (χ4v) is 2.22. The number of carbonyl (C=O) groups is 1. The van der Waals surface area contributed by atoms with E-state index in [-0.39, 0.29) is 16.6 Å². The minimum absolute atomic E-state index is 0.0550. The van der Waals surface area contributed by atoms with E-state index in [0.717, 1.165) is 0 Å². The van der Waals surface area contributed by atoms with Crippen LogP contribution in [0.25, 0.3) is 0 Å². The second-order valence-electron chi connectivity index (χ2n) is 3.93. The smallest absolute Gasteiger partial charge is 0.241 e. The first-order valence-electron chi connectivity index (χ1n) is 5.80. The van der Waals surface area contributed by atoms with Crippen LogP contribution in [0.5, 0.6) is 0 Å². The van der Waals surface area contributed by atoms with E-state index in [0.29, 0.717) is 12.1 Å². The van der Waals surface area contributed by atoms with Gasteiger partial charge >= 0.3 is 0 Å². The number of nitrogens with two attached hydrogens (primary N) is 1. The lowest BCUT2D eigenvalue weighted by molar-refractivity contribution is -0.117. The average Bonchev–Trinajstić information content (AvgIpc) is 2.38. The minimum atomic E-state index is -3.20. The van der Waals surface area contributed by atoms with E-state index < -0.39 is 15.9 Å². The fourth-order valence-electron chi connectivity index (χ4n) is 1.33. The van der Waals surface area contributed by atoms with Gasteiger partial charge in [0.2, 0.25) is 5.91 Å². The highest BCUT2D eigenvalue weighted by atomic mass is 32.2. The summed E-state index contributed by atoms with van der Waals surface area (Å²) in [6.45, 7) is 3.41. The molecule has 100 valence electrons. The van der Waals surface area contributed by atoms with E-state index in [1.54, 1.807) is 19.1 Å². The number of hydrogen-bond acceptors (Lipinski definition) is 4. The molecule has 1 rings (SSSR count). The van der Waals surface area contributed by atoms with Crippen LogP contribution in [-0.4, -0.2) is 26.1 Å². The number of carbonyl (C=O) groups excluding carboxylic acids is 1. The van der Waals surface area contributed by atoms with E-state index in [4.69, 9.17) is 5.73 Å². The third kappa shape index (κ3) is 3.54. The Morgan fingerprint density at radius 1 is 1.28 bits per heavy atom. The van der Waals surface area contributed by atoms with Crippen LogP contribution in [0.3, 0.4) is 0 Å². The molecular weight excluding hydrogens is 252 g/mol. The number of nitrogens with one attached hydrogen (secondary N) is 1. The van der Waals surface area contributed by atoms with Gasteiger partial charge in [0.25, 0.3) is 0 Å². The fraction of sp³-hybridized carbons (Fsp3) is 0.417. The third-order valence-corrected chi connectivity index (χ3v) is 4.39. The Morgan fingerprint density at radius 2 is 1.83 bits per heavy atom. The second kappa shape index (κ2) is 5.97. The Kier molecular flexibility index (Phi) is 4.86. The van der Waals surface area contributed by atoms with Crippen molar-refractivity contribution in [2.45, 2.75) is 31.2 Å². The molecule has 0 spiro atoms. The van der Waals surface area contributed by atoms with E-state index in [1.807, 2.05) is 6.92 Å². The topological polar surface area (TPSA) is 89.3 Å². The van der Waals surface area contributed by atoms with Gasteiger partial charge in [0.15, 0.2) is 9.84 Å². The molecule has 1 aromatic rings. The molecule has 0 saturated heterocycles. The average molecular weight is 270 g/mol. The summed E-state index contributed by atoms with van der Waals surface area (Å²) in [5, 5.41) is 2.63. The molecule has 18 heavy (non-hydrogen) atoms. The van der Waals surface area contributed by atoms with Gasteiger partial charge < -0.3 is 11.1 Å². The molecule has 5 nitrogen and oxygen atoms in total. The van der Waals surface area contributed by atoms with Crippen molar-refractivity contribution in [1.29, 1.82) is 0 Å². The molecule has 1 atom stereocenters. The van der Waals surface area contributed by atoms with Gasteiger partial charge in [0.05, 0.1) is 16.7 Å². The SMILES string of the molecule is CCC(N)C(=O)Nc1ccc(S(=O)(=O)CC)cc1. The van der Waals surface area contributed by atoms with Gasteiger partial charge in [-0.15, -0.1) is 0 Å². The van der Waals surface area contributed by atoms with Gasteiger partial charge in [-0.1, -0.05) is 13.8 Å². The Labute approximate surface area is 107 Å². The van der Waals surface area contributed by atoms with Gasteiger partial charge in [0, 0.05) is 5.69 Å². The highest BCUT2D eigenvalue weighted by Gasteiger charge is 2.13. The molecular formula is C12H18N2O3S. The molecule has 0 aliphatic heterocycles. The number of amides is 1.